The van der Waals surface area contributed by atoms with Gasteiger partial charge in [-0.05, 0) is 19.8 Å². The fraction of sp³-hybridized carbons (Fsp3) is 0.789. The van der Waals surface area contributed by atoms with Crippen molar-refractivity contribution in [1.29, 1.82) is 0 Å². The number of carbonyl (C=O) groups is 4. The van der Waals surface area contributed by atoms with Crippen LogP contribution in [-0.2, 0) is 19.2 Å². The van der Waals surface area contributed by atoms with Crippen molar-refractivity contribution in [3.05, 3.63) is 0 Å². The molecule has 1 heterocycles. The Balaban J connectivity index is 2.98. The highest BCUT2D eigenvalue weighted by Crippen LogP contribution is 2.08. The van der Waals surface area contributed by atoms with E-state index in [9.17, 15) is 34.5 Å². The van der Waals surface area contributed by atoms with Crippen molar-refractivity contribution in [2.75, 3.05) is 72.0 Å². The lowest BCUT2D eigenvalue weighted by Crippen LogP contribution is -2.47. The quantitative estimate of drug-likeness (QED) is 0.350. The topological polar surface area (TPSA) is 162 Å². The third-order valence-corrected chi connectivity index (χ3v) is 5.29. The molecule has 0 aliphatic carbocycles. The van der Waals surface area contributed by atoms with Crippen molar-refractivity contribution in [2.24, 2.45) is 0 Å². The van der Waals surface area contributed by atoms with Gasteiger partial charge in [0.25, 0.3) is 0 Å². The number of rotatable bonds is 8. The molecule has 0 bridgehead atoms. The highest BCUT2D eigenvalue weighted by Gasteiger charge is 2.22. The van der Waals surface area contributed by atoms with E-state index in [1.165, 1.54) is 0 Å². The zero-order valence-electron chi connectivity index (χ0n) is 18.0. The van der Waals surface area contributed by atoms with Crippen molar-refractivity contribution < 1.29 is 39.6 Å². The molecule has 1 atom stereocenters. The van der Waals surface area contributed by atoms with Gasteiger partial charge in [-0.3, -0.25) is 38.8 Å². The lowest BCUT2D eigenvalue weighted by Gasteiger charge is -2.33. The predicted octanol–water partition coefficient (Wildman–Crippen LogP) is -1.28. The predicted molar refractivity (Wildman–Crippen MR) is 110 cm³/mol. The summed E-state index contributed by atoms with van der Waals surface area (Å²) in [5.74, 6) is -3.92. The van der Waals surface area contributed by atoms with Gasteiger partial charge in [0.15, 0.2) is 0 Å². The van der Waals surface area contributed by atoms with E-state index >= 15 is 0 Å². The van der Waals surface area contributed by atoms with Gasteiger partial charge in [0.05, 0.1) is 26.2 Å². The number of nitrogens with zero attached hydrogens (tertiary/aromatic N) is 4. The molecule has 31 heavy (non-hydrogen) atoms. The van der Waals surface area contributed by atoms with Crippen LogP contribution in [0.3, 0.4) is 0 Å². The standard InChI is InChI=1S/C19H34N4O8/c1-15-3-6-22(13-18(28)29)8-7-20(11-16(24)25)4-2-5-21(12-17(26)27)9-10-23(15)14-19(30)31/h15H,2-14H2,1H3,(H,24,25)(H,26,27)(H,28,29)(H,30,31). The second kappa shape index (κ2) is 13.9. The molecule has 4 N–H and O–H groups in total. The third kappa shape index (κ3) is 12.2. The van der Waals surface area contributed by atoms with Gasteiger partial charge in [-0.15, -0.1) is 0 Å². The smallest absolute Gasteiger partial charge is 0.317 e. The molecular weight excluding hydrogens is 412 g/mol. The first-order valence-electron chi connectivity index (χ1n) is 10.3. The molecule has 1 fully saturated rings. The fourth-order valence-electron chi connectivity index (χ4n) is 3.64. The largest absolute Gasteiger partial charge is 0.480 e. The van der Waals surface area contributed by atoms with Gasteiger partial charge in [-0.2, -0.15) is 0 Å². The van der Waals surface area contributed by atoms with Crippen LogP contribution in [0, 0.1) is 0 Å². The lowest BCUT2D eigenvalue weighted by atomic mass is 10.1. The van der Waals surface area contributed by atoms with Crippen LogP contribution in [0.1, 0.15) is 19.8 Å². The second-order valence-electron chi connectivity index (χ2n) is 7.87. The summed E-state index contributed by atoms with van der Waals surface area (Å²) in [5.41, 5.74) is 0. The SMILES string of the molecule is CC1CCN(CC(=O)O)CCN(CC(=O)O)CCCN(CC(=O)O)CCN1CC(=O)O. The van der Waals surface area contributed by atoms with E-state index in [-0.39, 0.29) is 32.2 Å². The molecule has 0 amide bonds. The summed E-state index contributed by atoms with van der Waals surface area (Å²) in [4.78, 5) is 51.9. The van der Waals surface area contributed by atoms with Crippen LogP contribution in [0.15, 0.2) is 0 Å². The average Bonchev–Trinajstić information content (AvgIpc) is 2.64. The Hall–Kier alpha value is -2.28. The summed E-state index contributed by atoms with van der Waals surface area (Å²) < 4.78 is 0. The first kappa shape index (κ1) is 26.8. The zero-order chi connectivity index (χ0) is 23.4. The highest BCUT2D eigenvalue weighted by atomic mass is 16.4. The van der Waals surface area contributed by atoms with Crippen LogP contribution < -0.4 is 0 Å². The Bertz CT molecular complexity index is 618. The summed E-state index contributed by atoms with van der Waals surface area (Å²) in [6.45, 7) is 3.87. The number of carboxylic acid groups (broad SMARTS) is 4. The minimum atomic E-state index is -0.982. The van der Waals surface area contributed by atoms with E-state index in [4.69, 9.17) is 5.11 Å². The molecule has 0 aromatic carbocycles. The van der Waals surface area contributed by atoms with E-state index in [1.54, 1.807) is 19.6 Å². The molecular formula is C19H34N4O8. The first-order chi connectivity index (χ1) is 14.6. The summed E-state index contributed by atoms with van der Waals surface area (Å²) >= 11 is 0. The van der Waals surface area contributed by atoms with Gasteiger partial charge in [-0.25, -0.2) is 0 Å². The van der Waals surface area contributed by atoms with E-state index in [2.05, 4.69) is 0 Å². The lowest BCUT2D eigenvalue weighted by molar-refractivity contribution is -0.141. The normalized spacial score (nSPS) is 21.9. The third-order valence-electron chi connectivity index (χ3n) is 5.29. The number of hydrogen-bond donors (Lipinski definition) is 4. The molecule has 1 rings (SSSR count). The zero-order valence-corrected chi connectivity index (χ0v) is 18.0. The van der Waals surface area contributed by atoms with Crippen molar-refractivity contribution in [3.63, 3.8) is 0 Å². The summed E-state index contributed by atoms with van der Waals surface area (Å²) in [7, 11) is 0. The minimum Gasteiger partial charge on any atom is -0.480 e. The van der Waals surface area contributed by atoms with Crippen molar-refractivity contribution in [2.45, 2.75) is 25.8 Å². The Labute approximate surface area is 181 Å². The molecule has 0 radical (unpaired) electrons. The molecule has 0 saturated carbocycles. The van der Waals surface area contributed by atoms with Gasteiger partial charge < -0.3 is 20.4 Å². The van der Waals surface area contributed by atoms with Crippen molar-refractivity contribution in [3.8, 4) is 0 Å². The van der Waals surface area contributed by atoms with E-state index in [0.717, 1.165) is 0 Å². The van der Waals surface area contributed by atoms with Crippen LogP contribution in [-0.4, -0.2) is 142 Å². The first-order valence-corrected chi connectivity index (χ1v) is 10.3. The van der Waals surface area contributed by atoms with E-state index in [0.29, 0.717) is 58.7 Å². The summed E-state index contributed by atoms with van der Waals surface area (Å²) in [5, 5.41) is 36.8. The molecule has 1 aliphatic rings. The molecule has 1 saturated heterocycles. The van der Waals surface area contributed by atoms with Crippen molar-refractivity contribution >= 4 is 23.9 Å². The molecule has 0 aromatic rings. The summed E-state index contributed by atoms with van der Waals surface area (Å²) in [6, 6.07) is -0.155. The van der Waals surface area contributed by atoms with Crippen LogP contribution in [0.2, 0.25) is 0 Å². The van der Waals surface area contributed by atoms with Crippen molar-refractivity contribution in [1.82, 2.24) is 19.6 Å². The number of hydrogen-bond acceptors (Lipinski definition) is 8. The molecule has 12 heteroatoms. The Morgan fingerprint density at radius 2 is 1.00 bits per heavy atom. The van der Waals surface area contributed by atoms with E-state index < -0.39 is 23.9 Å². The van der Waals surface area contributed by atoms with Gasteiger partial charge in [0, 0.05) is 51.9 Å². The van der Waals surface area contributed by atoms with Gasteiger partial charge >= 0.3 is 23.9 Å². The Morgan fingerprint density at radius 1 is 0.613 bits per heavy atom. The Morgan fingerprint density at radius 3 is 1.42 bits per heavy atom. The highest BCUT2D eigenvalue weighted by molar-refractivity contribution is 5.70. The maximum atomic E-state index is 11.3. The minimum absolute atomic E-state index is 0.155. The van der Waals surface area contributed by atoms with Gasteiger partial charge in [0.2, 0.25) is 0 Å². The molecule has 178 valence electrons. The fourth-order valence-corrected chi connectivity index (χ4v) is 3.64. The average molecular weight is 447 g/mol. The maximum Gasteiger partial charge on any atom is 0.317 e. The van der Waals surface area contributed by atoms with Crippen LogP contribution in [0.25, 0.3) is 0 Å². The monoisotopic (exact) mass is 446 g/mol. The maximum absolute atomic E-state index is 11.3. The molecule has 12 nitrogen and oxygen atoms in total. The van der Waals surface area contributed by atoms with Crippen LogP contribution in [0.5, 0.6) is 0 Å². The molecule has 0 spiro atoms. The van der Waals surface area contributed by atoms with Crippen LogP contribution in [0.4, 0.5) is 0 Å². The number of aliphatic carboxylic acids is 4. The molecule has 1 aliphatic heterocycles. The van der Waals surface area contributed by atoms with E-state index in [1.807, 2.05) is 6.92 Å². The number of carboxylic acids is 4. The Kier molecular flexibility index (Phi) is 12.0. The molecule has 1 unspecified atom stereocenters. The van der Waals surface area contributed by atoms with Gasteiger partial charge in [-0.1, -0.05) is 0 Å². The summed E-state index contributed by atoms with van der Waals surface area (Å²) in [6.07, 6.45) is 1.06. The van der Waals surface area contributed by atoms with Crippen LogP contribution >= 0.6 is 0 Å². The molecule has 0 aromatic heterocycles. The second-order valence-corrected chi connectivity index (χ2v) is 7.87. The van der Waals surface area contributed by atoms with Gasteiger partial charge in [0.1, 0.15) is 0 Å².